The molecule has 1 aliphatic rings. The average molecular weight is 255 g/mol. The summed E-state index contributed by atoms with van der Waals surface area (Å²) in [4.78, 5) is 16.3. The van der Waals surface area contributed by atoms with Gasteiger partial charge < -0.3 is 15.1 Å². The number of rotatable bonds is 6. The molecule has 1 atom stereocenters. The Morgan fingerprint density at radius 3 is 2.39 bits per heavy atom. The highest BCUT2D eigenvalue weighted by Gasteiger charge is 2.25. The second-order valence-corrected chi connectivity index (χ2v) is 6.54. The molecule has 1 heterocycles. The van der Waals surface area contributed by atoms with Crippen LogP contribution in [0.3, 0.4) is 0 Å². The maximum absolute atomic E-state index is 12.1. The zero-order valence-corrected chi connectivity index (χ0v) is 12.6. The van der Waals surface area contributed by atoms with Crippen molar-refractivity contribution in [2.24, 2.45) is 5.41 Å². The summed E-state index contributed by atoms with van der Waals surface area (Å²) < 4.78 is 0. The highest BCUT2D eigenvalue weighted by atomic mass is 16.2. The van der Waals surface area contributed by atoms with E-state index in [1.165, 1.54) is 0 Å². The van der Waals surface area contributed by atoms with Crippen molar-refractivity contribution >= 4 is 5.91 Å². The molecule has 1 unspecified atom stereocenters. The molecule has 18 heavy (non-hydrogen) atoms. The van der Waals surface area contributed by atoms with Crippen molar-refractivity contribution < 1.29 is 4.79 Å². The van der Waals surface area contributed by atoms with Gasteiger partial charge in [0.25, 0.3) is 0 Å². The lowest BCUT2D eigenvalue weighted by molar-refractivity contribution is -0.132. The van der Waals surface area contributed by atoms with Gasteiger partial charge in [-0.25, -0.2) is 0 Å². The van der Waals surface area contributed by atoms with E-state index in [1.54, 1.807) is 0 Å². The van der Waals surface area contributed by atoms with Crippen molar-refractivity contribution in [3.05, 3.63) is 0 Å². The van der Waals surface area contributed by atoms with Gasteiger partial charge in [-0.2, -0.15) is 0 Å². The molecule has 0 aliphatic carbocycles. The molecule has 0 saturated carbocycles. The minimum Gasteiger partial charge on any atom is -0.341 e. The number of likely N-dealkylation sites (tertiary alicyclic amines) is 1. The summed E-state index contributed by atoms with van der Waals surface area (Å²) >= 11 is 0. The molecule has 1 amide bonds. The molecule has 1 N–H and O–H groups in total. The molecule has 4 nitrogen and oxygen atoms in total. The Hall–Kier alpha value is -0.610. The van der Waals surface area contributed by atoms with E-state index in [-0.39, 0.29) is 17.4 Å². The lowest BCUT2D eigenvalue weighted by atomic mass is 9.92. The molecule has 0 aromatic carbocycles. The zero-order valence-electron chi connectivity index (χ0n) is 12.6. The molecule has 0 spiro atoms. The molecule has 1 aliphatic heterocycles. The van der Waals surface area contributed by atoms with Crippen LogP contribution in [-0.2, 0) is 4.79 Å². The van der Waals surface area contributed by atoms with Crippen LogP contribution in [0.5, 0.6) is 0 Å². The van der Waals surface area contributed by atoms with E-state index >= 15 is 0 Å². The minimum absolute atomic E-state index is 0.0652. The van der Waals surface area contributed by atoms with Crippen LogP contribution in [0.25, 0.3) is 0 Å². The third-order valence-electron chi connectivity index (χ3n) is 3.42. The van der Waals surface area contributed by atoms with Crippen LogP contribution < -0.4 is 5.32 Å². The number of amides is 1. The van der Waals surface area contributed by atoms with Crippen LogP contribution in [0.2, 0.25) is 0 Å². The predicted octanol–water partition coefficient (Wildman–Crippen LogP) is 1.17. The summed E-state index contributed by atoms with van der Waals surface area (Å²) in [6.07, 6.45) is 2.31. The molecule has 0 radical (unpaired) electrons. The number of nitrogens with zero attached hydrogens (tertiary/aromatic N) is 2. The average Bonchev–Trinajstić information content (AvgIpc) is 2.76. The maximum Gasteiger partial charge on any atom is 0.239 e. The second-order valence-electron chi connectivity index (χ2n) is 6.54. The van der Waals surface area contributed by atoms with Crippen molar-refractivity contribution in [2.75, 3.05) is 40.3 Å². The van der Waals surface area contributed by atoms with Crippen molar-refractivity contribution in [3.8, 4) is 0 Å². The van der Waals surface area contributed by atoms with Gasteiger partial charge in [0.15, 0.2) is 0 Å². The van der Waals surface area contributed by atoms with Gasteiger partial charge >= 0.3 is 0 Å². The summed E-state index contributed by atoms with van der Waals surface area (Å²) in [5.74, 6) is 0.258. The number of carbonyl (C=O) groups is 1. The first kappa shape index (κ1) is 15.4. The van der Waals surface area contributed by atoms with Gasteiger partial charge in [-0.05, 0) is 39.3 Å². The van der Waals surface area contributed by atoms with Crippen molar-refractivity contribution in [2.45, 2.75) is 39.7 Å². The Morgan fingerprint density at radius 1 is 1.33 bits per heavy atom. The maximum atomic E-state index is 12.1. The molecule has 4 heteroatoms. The van der Waals surface area contributed by atoms with Gasteiger partial charge in [-0.15, -0.1) is 0 Å². The van der Waals surface area contributed by atoms with Crippen LogP contribution in [0.1, 0.15) is 33.6 Å². The van der Waals surface area contributed by atoms with E-state index in [9.17, 15) is 4.79 Å². The van der Waals surface area contributed by atoms with Gasteiger partial charge in [0.1, 0.15) is 0 Å². The fraction of sp³-hybridized carbons (Fsp3) is 0.929. The fourth-order valence-electron chi connectivity index (χ4n) is 2.64. The summed E-state index contributed by atoms with van der Waals surface area (Å²) in [6.45, 7) is 10.2. The second kappa shape index (κ2) is 6.53. The monoisotopic (exact) mass is 255 g/mol. The minimum atomic E-state index is -0.0652. The third-order valence-corrected chi connectivity index (χ3v) is 3.42. The molecule has 0 bridgehead atoms. The normalized spacial score (nSPS) is 18.4. The van der Waals surface area contributed by atoms with E-state index in [0.717, 1.165) is 39.0 Å². The van der Waals surface area contributed by atoms with E-state index < -0.39 is 0 Å². The van der Waals surface area contributed by atoms with E-state index in [1.807, 2.05) is 11.8 Å². The Morgan fingerprint density at radius 2 is 1.89 bits per heavy atom. The van der Waals surface area contributed by atoms with Gasteiger partial charge in [0, 0.05) is 26.2 Å². The molecule has 0 aromatic rings. The topological polar surface area (TPSA) is 35.6 Å². The largest absolute Gasteiger partial charge is 0.341 e. The van der Waals surface area contributed by atoms with Crippen LogP contribution in [0.15, 0.2) is 0 Å². The highest BCUT2D eigenvalue weighted by Crippen LogP contribution is 2.15. The van der Waals surface area contributed by atoms with Crippen molar-refractivity contribution in [1.82, 2.24) is 15.1 Å². The molecular weight excluding hydrogens is 226 g/mol. The Balaban J connectivity index is 2.35. The molecule has 106 valence electrons. The Bertz CT molecular complexity index is 270. The number of nitrogens with one attached hydrogen (secondary N) is 1. The van der Waals surface area contributed by atoms with Gasteiger partial charge in [0.2, 0.25) is 5.91 Å². The molecule has 1 fully saturated rings. The lowest BCUT2D eigenvalue weighted by Crippen LogP contribution is -2.48. The number of hydrogen-bond donors (Lipinski definition) is 1. The van der Waals surface area contributed by atoms with E-state index in [0.29, 0.717) is 0 Å². The first-order valence-electron chi connectivity index (χ1n) is 6.99. The Kier molecular flexibility index (Phi) is 5.60. The molecule has 1 rings (SSSR count). The van der Waals surface area contributed by atoms with Gasteiger partial charge in [-0.3, -0.25) is 4.79 Å². The predicted molar refractivity (Wildman–Crippen MR) is 75.6 cm³/mol. The van der Waals surface area contributed by atoms with Gasteiger partial charge in [0.05, 0.1) is 6.04 Å². The van der Waals surface area contributed by atoms with E-state index in [4.69, 9.17) is 0 Å². The molecule has 0 aromatic heterocycles. The lowest BCUT2D eigenvalue weighted by Gasteiger charge is -2.30. The smallest absolute Gasteiger partial charge is 0.239 e. The first-order valence-corrected chi connectivity index (χ1v) is 6.99. The molecular formula is C14H29N3O. The van der Waals surface area contributed by atoms with Crippen molar-refractivity contribution in [3.63, 3.8) is 0 Å². The third kappa shape index (κ3) is 4.94. The quantitative estimate of drug-likeness (QED) is 0.774. The van der Waals surface area contributed by atoms with Crippen LogP contribution >= 0.6 is 0 Å². The van der Waals surface area contributed by atoms with Crippen molar-refractivity contribution in [1.29, 1.82) is 0 Å². The van der Waals surface area contributed by atoms with E-state index in [2.05, 4.69) is 38.2 Å². The fourth-order valence-corrected chi connectivity index (χ4v) is 2.64. The van der Waals surface area contributed by atoms with Crippen LogP contribution in [0, 0.1) is 5.41 Å². The summed E-state index contributed by atoms with van der Waals surface area (Å²) in [6, 6.07) is -0.0652. The van der Waals surface area contributed by atoms with Crippen LogP contribution in [0.4, 0.5) is 0 Å². The summed E-state index contributed by atoms with van der Waals surface area (Å²) in [5.41, 5.74) is 0.184. The van der Waals surface area contributed by atoms with Crippen LogP contribution in [-0.4, -0.2) is 62.0 Å². The molecule has 1 saturated heterocycles. The summed E-state index contributed by atoms with van der Waals surface area (Å²) in [7, 11) is 4.17. The van der Waals surface area contributed by atoms with Gasteiger partial charge in [-0.1, -0.05) is 13.8 Å². The zero-order chi connectivity index (χ0) is 13.8. The first-order chi connectivity index (χ1) is 8.32. The number of hydrogen-bond acceptors (Lipinski definition) is 3. The Labute approximate surface area is 112 Å². The number of carbonyl (C=O) groups excluding carboxylic acids is 1. The standard InChI is InChI=1S/C14H29N3O/c1-12(13(18)17-8-6-7-9-17)15-10-14(2,3)11-16(4)5/h12,15H,6-11H2,1-5H3. The highest BCUT2D eigenvalue weighted by molar-refractivity contribution is 5.81. The SMILES string of the molecule is CC(NCC(C)(C)CN(C)C)C(=O)N1CCCC1. The summed E-state index contributed by atoms with van der Waals surface area (Å²) in [5, 5.41) is 3.39.